The van der Waals surface area contributed by atoms with Crippen LogP contribution < -0.4 is 5.11 Å². The third-order valence-electron chi connectivity index (χ3n) is 2.94. The summed E-state index contributed by atoms with van der Waals surface area (Å²) < 4.78 is 1.14. The number of rotatable bonds is 4. The summed E-state index contributed by atoms with van der Waals surface area (Å²) in [5, 5.41) is 11.1. The number of carbonyl (C=O) groups is 2. The van der Waals surface area contributed by atoms with Gasteiger partial charge in [-0.1, -0.05) is 59.0 Å². The first kappa shape index (κ1) is 16.2. The molecule has 0 spiro atoms. The third kappa shape index (κ3) is 3.53. The van der Waals surface area contributed by atoms with Crippen LogP contribution in [0.5, 0.6) is 0 Å². The van der Waals surface area contributed by atoms with E-state index < -0.39 is 12.0 Å². The topological polar surface area (TPSA) is 60.4 Å². The minimum absolute atomic E-state index is 0.247. The molecule has 0 aromatic heterocycles. The summed E-state index contributed by atoms with van der Waals surface area (Å²) in [7, 11) is 0. The number of carboxylic acid groups (broad SMARTS) is 1. The fourth-order valence-corrected chi connectivity index (χ4v) is 3.72. The maximum absolute atomic E-state index is 12.4. The van der Waals surface area contributed by atoms with E-state index in [4.69, 9.17) is 12.2 Å². The maximum atomic E-state index is 12.4. The van der Waals surface area contributed by atoms with Gasteiger partial charge in [0.1, 0.15) is 4.32 Å². The highest BCUT2D eigenvalue weighted by atomic mass is 79.9. The van der Waals surface area contributed by atoms with Crippen LogP contribution in [0.15, 0.2) is 33.6 Å². The number of nitrogens with zero attached hydrogens (tertiary/aromatic N) is 1. The zero-order chi connectivity index (χ0) is 15.6. The van der Waals surface area contributed by atoms with Gasteiger partial charge in [0.05, 0.1) is 16.9 Å². The summed E-state index contributed by atoms with van der Waals surface area (Å²) in [5.41, 5.74) is 0.839. The molecule has 0 unspecified atom stereocenters. The zero-order valence-electron chi connectivity index (χ0n) is 11.0. The van der Waals surface area contributed by atoms with Crippen molar-refractivity contribution in [1.29, 1.82) is 0 Å². The van der Waals surface area contributed by atoms with E-state index >= 15 is 0 Å². The molecule has 0 aliphatic carbocycles. The fourth-order valence-electron chi connectivity index (χ4n) is 1.95. The van der Waals surface area contributed by atoms with Gasteiger partial charge in [0.2, 0.25) is 0 Å². The summed E-state index contributed by atoms with van der Waals surface area (Å²) in [6, 6.07) is 6.43. The molecule has 1 aromatic rings. The highest BCUT2D eigenvalue weighted by Crippen LogP contribution is 2.34. The molecule has 0 N–H and O–H groups in total. The van der Waals surface area contributed by atoms with Crippen LogP contribution in [0.2, 0.25) is 0 Å². The van der Waals surface area contributed by atoms with E-state index in [0.29, 0.717) is 4.91 Å². The van der Waals surface area contributed by atoms with Gasteiger partial charge >= 0.3 is 0 Å². The molecule has 21 heavy (non-hydrogen) atoms. The molecule has 0 bridgehead atoms. The lowest BCUT2D eigenvalue weighted by Crippen LogP contribution is -2.49. The summed E-state index contributed by atoms with van der Waals surface area (Å²) >= 11 is 9.59. The number of carboxylic acids is 1. The van der Waals surface area contributed by atoms with Crippen LogP contribution in [-0.4, -0.2) is 27.1 Å². The lowest BCUT2D eigenvalue weighted by molar-refractivity contribution is -0.310. The highest BCUT2D eigenvalue weighted by Gasteiger charge is 2.36. The minimum Gasteiger partial charge on any atom is -0.548 e. The zero-order valence-corrected chi connectivity index (χ0v) is 14.3. The van der Waals surface area contributed by atoms with Gasteiger partial charge in [-0.05, 0) is 30.2 Å². The Morgan fingerprint density at radius 3 is 2.86 bits per heavy atom. The molecule has 1 amide bonds. The molecule has 2 rings (SSSR count). The van der Waals surface area contributed by atoms with Crippen molar-refractivity contribution in [2.24, 2.45) is 0 Å². The Labute approximate surface area is 140 Å². The van der Waals surface area contributed by atoms with E-state index in [1.807, 2.05) is 24.3 Å². The van der Waals surface area contributed by atoms with Crippen LogP contribution >= 0.6 is 39.9 Å². The standard InChI is InChI=1S/C14H12BrNO3S2/c1-2-10(13(18)19)16-12(17)11(21-14(16)20)7-8-4-3-5-9(15)6-8/h3-7,10H,2H2,1H3,(H,18,19)/p-1/b11-7-/t10-/m0/s1. The van der Waals surface area contributed by atoms with Crippen molar-refractivity contribution < 1.29 is 14.7 Å². The predicted molar refractivity (Wildman–Crippen MR) is 88.2 cm³/mol. The van der Waals surface area contributed by atoms with Crippen molar-refractivity contribution in [1.82, 2.24) is 4.90 Å². The molecule has 7 heteroatoms. The molecule has 0 saturated carbocycles. The van der Waals surface area contributed by atoms with Crippen LogP contribution in [0.25, 0.3) is 6.08 Å². The number of aliphatic carboxylic acids is 1. The van der Waals surface area contributed by atoms with Crippen LogP contribution in [0.4, 0.5) is 0 Å². The Morgan fingerprint density at radius 1 is 1.57 bits per heavy atom. The van der Waals surface area contributed by atoms with Gasteiger partial charge in [-0.25, -0.2) is 0 Å². The van der Waals surface area contributed by atoms with E-state index in [0.717, 1.165) is 26.7 Å². The first-order valence-electron chi connectivity index (χ1n) is 6.17. The summed E-state index contributed by atoms with van der Waals surface area (Å²) in [6.45, 7) is 1.68. The number of halogens is 1. The van der Waals surface area contributed by atoms with E-state index in [9.17, 15) is 14.7 Å². The first-order chi connectivity index (χ1) is 9.93. The predicted octanol–water partition coefficient (Wildman–Crippen LogP) is 2.18. The van der Waals surface area contributed by atoms with Gasteiger partial charge < -0.3 is 9.90 Å². The molecule has 1 saturated heterocycles. The van der Waals surface area contributed by atoms with E-state index in [1.54, 1.807) is 13.0 Å². The van der Waals surface area contributed by atoms with E-state index in [2.05, 4.69) is 15.9 Å². The van der Waals surface area contributed by atoms with Gasteiger partial charge in [0.15, 0.2) is 0 Å². The molecule has 110 valence electrons. The smallest absolute Gasteiger partial charge is 0.266 e. The number of thioether (sulfide) groups is 1. The van der Waals surface area contributed by atoms with Gasteiger partial charge in [0.25, 0.3) is 5.91 Å². The summed E-state index contributed by atoms with van der Waals surface area (Å²) in [5.74, 6) is -1.68. The van der Waals surface area contributed by atoms with Crippen LogP contribution in [0.1, 0.15) is 18.9 Å². The van der Waals surface area contributed by atoms with Crippen LogP contribution in [0, 0.1) is 0 Å². The lowest BCUT2D eigenvalue weighted by atomic mass is 10.2. The molecule has 4 nitrogen and oxygen atoms in total. The molecular weight excluding hydrogens is 374 g/mol. The van der Waals surface area contributed by atoms with Crippen molar-refractivity contribution in [3.05, 3.63) is 39.2 Å². The normalized spacial score (nSPS) is 18.4. The second kappa shape index (κ2) is 6.72. The van der Waals surface area contributed by atoms with E-state index in [-0.39, 0.29) is 16.6 Å². The number of hydrogen-bond donors (Lipinski definition) is 0. The third-order valence-corrected chi connectivity index (χ3v) is 4.76. The maximum Gasteiger partial charge on any atom is 0.266 e. The molecule has 1 aliphatic rings. The fraction of sp³-hybridized carbons (Fsp3) is 0.214. The molecular formula is C14H11BrNO3S2-. The SMILES string of the molecule is CC[C@@H](C(=O)[O-])N1C(=O)/C(=C/c2cccc(Br)c2)SC1=S. The average molecular weight is 385 g/mol. The number of amides is 1. The van der Waals surface area contributed by atoms with Gasteiger partial charge in [-0.2, -0.15) is 0 Å². The van der Waals surface area contributed by atoms with Gasteiger partial charge in [-0.15, -0.1) is 0 Å². The summed E-state index contributed by atoms with van der Waals surface area (Å²) in [4.78, 5) is 25.0. The monoisotopic (exact) mass is 384 g/mol. The molecule has 1 heterocycles. The molecule has 1 aliphatic heterocycles. The van der Waals surface area contributed by atoms with E-state index in [1.165, 1.54) is 0 Å². The van der Waals surface area contributed by atoms with Crippen molar-refractivity contribution in [3.63, 3.8) is 0 Å². The number of carbonyl (C=O) groups excluding carboxylic acids is 2. The first-order valence-corrected chi connectivity index (χ1v) is 8.19. The number of hydrogen-bond acceptors (Lipinski definition) is 5. The van der Waals surface area contributed by atoms with Gasteiger partial charge in [0, 0.05) is 4.47 Å². The average Bonchev–Trinajstić information content (AvgIpc) is 2.67. The second-order valence-corrected chi connectivity index (χ2v) is 6.94. The molecule has 0 radical (unpaired) electrons. The Morgan fingerprint density at radius 2 is 2.29 bits per heavy atom. The Kier molecular flexibility index (Phi) is 5.18. The van der Waals surface area contributed by atoms with Crippen LogP contribution in [0.3, 0.4) is 0 Å². The minimum atomic E-state index is -1.29. The quantitative estimate of drug-likeness (QED) is 0.588. The van der Waals surface area contributed by atoms with Crippen LogP contribution in [-0.2, 0) is 9.59 Å². The number of benzene rings is 1. The second-order valence-electron chi connectivity index (χ2n) is 4.35. The number of thiocarbonyl (C=S) groups is 1. The molecule has 1 atom stereocenters. The Bertz CT molecular complexity index is 645. The van der Waals surface area contributed by atoms with Gasteiger partial charge in [-0.3, -0.25) is 9.69 Å². The Balaban J connectivity index is 2.31. The molecule has 1 fully saturated rings. The Hall–Kier alpha value is -1.18. The lowest BCUT2D eigenvalue weighted by Gasteiger charge is -2.26. The summed E-state index contributed by atoms with van der Waals surface area (Å²) in [6.07, 6.45) is 1.95. The van der Waals surface area contributed by atoms with Crippen molar-refractivity contribution in [2.45, 2.75) is 19.4 Å². The van der Waals surface area contributed by atoms with Crippen molar-refractivity contribution in [2.75, 3.05) is 0 Å². The van der Waals surface area contributed by atoms with Crippen molar-refractivity contribution >= 4 is 62.2 Å². The highest BCUT2D eigenvalue weighted by molar-refractivity contribution is 9.10. The molecule has 1 aromatic carbocycles. The van der Waals surface area contributed by atoms with Crippen molar-refractivity contribution in [3.8, 4) is 0 Å². The largest absolute Gasteiger partial charge is 0.548 e.